The van der Waals surface area contributed by atoms with Crippen LogP contribution in [0.1, 0.15) is 29.0 Å². The number of oxazole rings is 1. The number of alkyl halides is 3. The zero-order valence-electron chi connectivity index (χ0n) is 19.3. The SMILES string of the molecule is Cc1oc(-c2ccccc2)nc1CCOc1ccc(CCC(=O)O)c(CN(C)C(=O)C(F)(F)F)c1. The van der Waals surface area contributed by atoms with Crippen LogP contribution < -0.4 is 4.74 Å². The highest BCUT2D eigenvalue weighted by Crippen LogP contribution is 2.25. The Bertz CT molecular complexity index is 1180. The van der Waals surface area contributed by atoms with Gasteiger partial charge in [-0.25, -0.2) is 4.98 Å². The van der Waals surface area contributed by atoms with Crippen LogP contribution in [0.25, 0.3) is 11.5 Å². The number of carbonyl (C=O) groups excluding carboxylic acids is 1. The maximum Gasteiger partial charge on any atom is 0.471 e. The van der Waals surface area contributed by atoms with E-state index in [4.69, 9.17) is 14.3 Å². The van der Waals surface area contributed by atoms with E-state index in [0.29, 0.717) is 39.8 Å². The molecule has 35 heavy (non-hydrogen) atoms. The summed E-state index contributed by atoms with van der Waals surface area (Å²) >= 11 is 0. The molecule has 0 fully saturated rings. The third-order valence-corrected chi connectivity index (χ3v) is 5.30. The zero-order valence-corrected chi connectivity index (χ0v) is 19.3. The van der Waals surface area contributed by atoms with Crippen LogP contribution in [-0.2, 0) is 29.0 Å². The van der Waals surface area contributed by atoms with Crippen LogP contribution in [-0.4, -0.2) is 46.7 Å². The van der Waals surface area contributed by atoms with Crippen molar-refractivity contribution >= 4 is 11.9 Å². The summed E-state index contributed by atoms with van der Waals surface area (Å²) in [5.41, 5.74) is 2.48. The number of carbonyl (C=O) groups is 2. The molecular formula is C25H25F3N2O5. The van der Waals surface area contributed by atoms with Crippen molar-refractivity contribution in [1.82, 2.24) is 9.88 Å². The zero-order chi connectivity index (χ0) is 25.6. The molecule has 0 radical (unpaired) electrons. The van der Waals surface area contributed by atoms with Crippen molar-refractivity contribution in [3.8, 4) is 17.2 Å². The van der Waals surface area contributed by atoms with Crippen molar-refractivity contribution in [2.45, 2.75) is 38.9 Å². The predicted molar refractivity (Wildman–Crippen MR) is 121 cm³/mol. The van der Waals surface area contributed by atoms with Gasteiger partial charge in [-0.05, 0) is 48.7 Å². The number of aromatic nitrogens is 1. The summed E-state index contributed by atoms with van der Waals surface area (Å²) in [7, 11) is 1.04. The first-order valence-electron chi connectivity index (χ1n) is 10.8. The second-order valence-corrected chi connectivity index (χ2v) is 7.97. The van der Waals surface area contributed by atoms with Crippen LogP contribution in [0.15, 0.2) is 52.9 Å². The van der Waals surface area contributed by atoms with Gasteiger partial charge in [0.2, 0.25) is 5.89 Å². The number of carboxylic acids is 1. The fourth-order valence-corrected chi connectivity index (χ4v) is 3.50. The molecule has 0 unspecified atom stereocenters. The highest BCUT2D eigenvalue weighted by molar-refractivity contribution is 5.81. The third kappa shape index (κ3) is 7.08. The molecule has 186 valence electrons. The van der Waals surface area contributed by atoms with Gasteiger partial charge in [0.25, 0.3) is 0 Å². The standard InChI is InChI=1S/C25H25F3N2O5/c1-16-21(29-23(35-16)18-6-4-3-5-7-18)12-13-34-20-10-8-17(9-11-22(31)32)19(14-20)15-30(2)24(33)25(26,27)28/h3-8,10,14H,9,11-13,15H2,1-2H3,(H,31,32). The van der Waals surface area contributed by atoms with E-state index < -0.39 is 18.1 Å². The van der Waals surface area contributed by atoms with E-state index in [-0.39, 0.29) is 26.0 Å². The monoisotopic (exact) mass is 490 g/mol. The first-order valence-corrected chi connectivity index (χ1v) is 10.8. The molecule has 0 bridgehead atoms. The topological polar surface area (TPSA) is 92.9 Å². The van der Waals surface area contributed by atoms with E-state index in [1.54, 1.807) is 19.1 Å². The summed E-state index contributed by atoms with van der Waals surface area (Å²) in [5, 5.41) is 8.97. The van der Waals surface area contributed by atoms with Gasteiger partial charge in [-0.3, -0.25) is 9.59 Å². The third-order valence-electron chi connectivity index (χ3n) is 5.30. The number of hydrogen-bond donors (Lipinski definition) is 1. The number of aliphatic carboxylic acids is 1. The van der Waals surface area contributed by atoms with Gasteiger partial charge < -0.3 is 19.2 Å². The van der Waals surface area contributed by atoms with E-state index in [9.17, 15) is 22.8 Å². The molecule has 0 saturated carbocycles. The summed E-state index contributed by atoms with van der Waals surface area (Å²) < 4.78 is 49.9. The second kappa shape index (κ2) is 11.1. The number of rotatable bonds is 10. The summed E-state index contributed by atoms with van der Waals surface area (Å²) in [5.74, 6) is -1.47. The van der Waals surface area contributed by atoms with Crippen LogP contribution >= 0.6 is 0 Å². The van der Waals surface area contributed by atoms with Gasteiger partial charge in [-0.1, -0.05) is 24.3 Å². The summed E-state index contributed by atoms with van der Waals surface area (Å²) in [6.07, 6.45) is -4.65. The van der Waals surface area contributed by atoms with Crippen molar-refractivity contribution in [3.05, 3.63) is 71.1 Å². The average molecular weight is 490 g/mol. The summed E-state index contributed by atoms with van der Waals surface area (Å²) in [6.45, 7) is 1.69. The van der Waals surface area contributed by atoms with Crippen molar-refractivity contribution in [2.75, 3.05) is 13.7 Å². The van der Waals surface area contributed by atoms with E-state index >= 15 is 0 Å². The Labute approximate surface area is 200 Å². The van der Waals surface area contributed by atoms with Gasteiger partial charge in [0.15, 0.2) is 0 Å². The second-order valence-electron chi connectivity index (χ2n) is 7.97. The molecule has 1 N–H and O–H groups in total. The molecular weight excluding hydrogens is 465 g/mol. The number of aryl methyl sites for hydroxylation is 2. The fourth-order valence-electron chi connectivity index (χ4n) is 3.50. The molecule has 0 aliphatic heterocycles. The molecule has 1 heterocycles. The minimum atomic E-state index is -5.00. The Hall–Kier alpha value is -3.82. The molecule has 0 aliphatic rings. The number of hydrogen-bond acceptors (Lipinski definition) is 5. The van der Waals surface area contributed by atoms with Gasteiger partial charge >= 0.3 is 18.1 Å². The molecule has 0 spiro atoms. The van der Waals surface area contributed by atoms with Gasteiger partial charge in [0, 0.05) is 32.0 Å². The van der Waals surface area contributed by atoms with Crippen LogP contribution in [0.3, 0.4) is 0 Å². The van der Waals surface area contributed by atoms with Crippen LogP contribution in [0.4, 0.5) is 13.2 Å². The van der Waals surface area contributed by atoms with Crippen LogP contribution in [0.2, 0.25) is 0 Å². The minimum Gasteiger partial charge on any atom is -0.493 e. The molecule has 3 aromatic rings. The molecule has 0 saturated heterocycles. The highest BCUT2D eigenvalue weighted by atomic mass is 19.4. The number of carboxylic acid groups (broad SMARTS) is 1. The molecule has 3 rings (SSSR count). The van der Waals surface area contributed by atoms with Crippen molar-refractivity contribution in [2.24, 2.45) is 0 Å². The number of amides is 1. The molecule has 1 amide bonds. The number of halogens is 3. The Kier molecular flexibility index (Phi) is 8.16. The lowest BCUT2D eigenvalue weighted by Gasteiger charge is -2.21. The van der Waals surface area contributed by atoms with Crippen molar-refractivity contribution < 1.29 is 37.0 Å². The Balaban J connectivity index is 1.70. The van der Waals surface area contributed by atoms with Crippen LogP contribution in [0, 0.1) is 6.92 Å². The maximum absolute atomic E-state index is 12.8. The average Bonchev–Trinajstić information content (AvgIpc) is 3.18. The Morgan fingerprint density at radius 2 is 1.80 bits per heavy atom. The largest absolute Gasteiger partial charge is 0.493 e. The lowest BCUT2D eigenvalue weighted by molar-refractivity contribution is -0.184. The van der Waals surface area contributed by atoms with E-state index in [2.05, 4.69) is 4.98 Å². The van der Waals surface area contributed by atoms with E-state index in [1.165, 1.54) is 6.07 Å². The van der Waals surface area contributed by atoms with E-state index in [0.717, 1.165) is 18.3 Å². The smallest absolute Gasteiger partial charge is 0.471 e. The van der Waals surface area contributed by atoms with Gasteiger partial charge in [-0.15, -0.1) is 0 Å². The molecule has 0 atom stereocenters. The number of ether oxygens (including phenoxy) is 1. The van der Waals surface area contributed by atoms with Gasteiger partial charge in [0.1, 0.15) is 11.5 Å². The maximum atomic E-state index is 12.8. The lowest BCUT2D eigenvalue weighted by atomic mass is 10.0. The first-order chi connectivity index (χ1) is 16.5. The normalized spacial score (nSPS) is 11.3. The fraction of sp³-hybridized carbons (Fsp3) is 0.320. The van der Waals surface area contributed by atoms with Crippen LogP contribution in [0.5, 0.6) is 5.75 Å². The molecule has 2 aromatic carbocycles. The van der Waals surface area contributed by atoms with E-state index in [1.807, 2.05) is 30.3 Å². The lowest BCUT2D eigenvalue weighted by Crippen LogP contribution is -2.38. The van der Waals surface area contributed by atoms with Gasteiger partial charge in [-0.2, -0.15) is 13.2 Å². The predicted octanol–water partition coefficient (Wildman–Crippen LogP) is 4.81. The quantitative estimate of drug-likeness (QED) is 0.439. The molecule has 7 nitrogen and oxygen atoms in total. The Morgan fingerprint density at radius 1 is 1.09 bits per heavy atom. The van der Waals surface area contributed by atoms with Gasteiger partial charge in [0.05, 0.1) is 12.3 Å². The molecule has 0 aliphatic carbocycles. The number of nitrogens with zero attached hydrogens (tertiary/aromatic N) is 2. The summed E-state index contributed by atoms with van der Waals surface area (Å²) in [6, 6.07) is 14.2. The Morgan fingerprint density at radius 3 is 2.46 bits per heavy atom. The van der Waals surface area contributed by atoms with Crippen molar-refractivity contribution in [1.29, 1.82) is 0 Å². The van der Waals surface area contributed by atoms with Crippen molar-refractivity contribution in [3.63, 3.8) is 0 Å². The highest BCUT2D eigenvalue weighted by Gasteiger charge is 2.41. The number of benzene rings is 2. The minimum absolute atomic E-state index is 0.111. The first kappa shape index (κ1) is 25.8. The molecule has 1 aromatic heterocycles. The molecule has 10 heteroatoms. The summed E-state index contributed by atoms with van der Waals surface area (Å²) in [4.78, 5) is 27.6.